The van der Waals surface area contributed by atoms with Crippen molar-refractivity contribution in [1.82, 2.24) is 5.32 Å². The van der Waals surface area contributed by atoms with E-state index in [1.165, 1.54) is 0 Å². The Morgan fingerprint density at radius 2 is 1.90 bits per heavy atom. The molecule has 0 bridgehead atoms. The van der Waals surface area contributed by atoms with Gasteiger partial charge in [-0.15, -0.1) is 0 Å². The summed E-state index contributed by atoms with van der Waals surface area (Å²) in [6.45, 7) is 1.12. The van der Waals surface area contributed by atoms with Gasteiger partial charge in [0.25, 0.3) is 0 Å². The molecular weight excluding hydrogens is 274 g/mol. The molecule has 0 heterocycles. The molecule has 0 fully saturated rings. The first-order chi connectivity index (χ1) is 10.1. The van der Waals surface area contributed by atoms with Crippen molar-refractivity contribution in [1.29, 1.82) is 0 Å². The normalized spacial score (nSPS) is 11.9. The number of carboxylic acids is 1. The quantitative estimate of drug-likeness (QED) is 0.625. The summed E-state index contributed by atoms with van der Waals surface area (Å²) < 4.78 is 9.98. The van der Waals surface area contributed by atoms with Gasteiger partial charge >= 0.3 is 5.97 Å². The number of carbonyl (C=O) groups excluding carboxylic acids is 1. The van der Waals surface area contributed by atoms with Crippen LogP contribution < -0.4 is 5.32 Å². The van der Waals surface area contributed by atoms with Gasteiger partial charge in [0, 0.05) is 20.0 Å². The van der Waals surface area contributed by atoms with Crippen LogP contribution in [-0.2, 0) is 25.5 Å². The van der Waals surface area contributed by atoms with Crippen molar-refractivity contribution in [3.8, 4) is 0 Å². The lowest BCUT2D eigenvalue weighted by molar-refractivity contribution is -0.142. The molecule has 6 nitrogen and oxygen atoms in total. The molecule has 1 aromatic carbocycles. The van der Waals surface area contributed by atoms with Gasteiger partial charge in [-0.2, -0.15) is 0 Å². The first-order valence-electron chi connectivity index (χ1n) is 6.76. The van der Waals surface area contributed by atoms with Crippen molar-refractivity contribution >= 4 is 11.9 Å². The number of hydrogen-bond acceptors (Lipinski definition) is 4. The third-order valence-electron chi connectivity index (χ3n) is 2.82. The molecule has 0 aliphatic heterocycles. The lowest BCUT2D eigenvalue weighted by Crippen LogP contribution is -2.42. The molecule has 1 aromatic rings. The minimum absolute atomic E-state index is 0.127. The number of hydrogen-bond donors (Lipinski definition) is 2. The minimum atomic E-state index is -1.05. The molecule has 0 aliphatic rings. The summed E-state index contributed by atoms with van der Waals surface area (Å²) in [6.07, 6.45) is 0.384. The van der Waals surface area contributed by atoms with E-state index >= 15 is 0 Å². The van der Waals surface area contributed by atoms with Crippen LogP contribution in [0, 0.1) is 0 Å². The average Bonchev–Trinajstić information content (AvgIpc) is 2.47. The van der Waals surface area contributed by atoms with Crippen LogP contribution in [-0.4, -0.2) is 50.0 Å². The fraction of sp³-hybridized carbons (Fsp3) is 0.467. The number of carboxylic acid groups (broad SMARTS) is 1. The maximum atomic E-state index is 11.7. The zero-order valence-electron chi connectivity index (χ0n) is 12.1. The summed E-state index contributed by atoms with van der Waals surface area (Å²) in [5.74, 6) is -1.39. The maximum Gasteiger partial charge on any atom is 0.326 e. The van der Waals surface area contributed by atoms with Crippen LogP contribution in [0.3, 0.4) is 0 Å². The molecule has 0 aliphatic carbocycles. The highest BCUT2D eigenvalue weighted by Crippen LogP contribution is 2.03. The summed E-state index contributed by atoms with van der Waals surface area (Å²) >= 11 is 0. The number of ether oxygens (including phenoxy) is 2. The van der Waals surface area contributed by atoms with E-state index < -0.39 is 12.0 Å². The van der Waals surface area contributed by atoms with Crippen LogP contribution >= 0.6 is 0 Å². The molecule has 2 N–H and O–H groups in total. The van der Waals surface area contributed by atoms with Gasteiger partial charge in [-0.1, -0.05) is 30.3 Å². The number of amides is 1. The molecule has 1 atom stereocenters. The van der Waals surface area contributed by atoms with Crippen molar-refractivity contribution in [3.63, 3.8) is 0 Å². The average molecular weight is 295 g/mol. The Morgan fingerprint density at radius 1 is 1.19 bits per heavy atom. The zero-order chi connectivity index (χ0) is 15.5. The van der Waals surface area contributed by atoms with Crippen LogP contribution in [0.25, 0.3) is 0 Å². The molecule has 0 spiro atoms. The Labute approximate surface area is 124 Å². The number of benzene rings is 1. The van der Waals surface area contributed by atoms with Crippen LogP contribution in [0.1, 0.15) is 12.0 Å². The van der Waals surface area contributed by atoms with Crippen molar-refractivity contribution in [2.24, 2.45) is 0 Å². The third-order valence-corrected chi connectivity index (χ3v) is 2.82. The van der Waals surface area contributed by atoms with Crippen LogP contribution in [0.4, 0.5) is 0 Å². The second-order valence-corrected chi connectivity index (χ2v) is 4.50. The second-order valence-electron chi connectivity index (χ2n) is 4.50. The number of rotatable bonds is 10. The number of methoxy groups -OCH3 is 1. The van der Waals surface area contributed by atoms with Crippen molar-refractivity contribution in [3.05, 3.63) is 35.9 Å². The SMILES string of the molecule is COCCOCCC(=O)NC(Cc1ccccc1)C(=O)O. The Morgan fingerprint density at radius 3 is 2.52 bits per heavy atom. The van der Waals surface area contributed by atoms with Gasteiger partial charge in [0.15, 0.2) is 0 Å². The predicted octanol–water partition coefficient (Wildman–Crippen LogP) is 0.852. The highest BCUT2D eigenvalue weighted by atomic mass is 16.5. The number of nitrogens with one attached hydrogen (secondary N) is 1. The number of aliphatic carboxylic acids is 1. The van der Waals surface area contributed by atoms with Crippen LogP contribution in [0.15, 0.2) is 30.3 Å². The predicted molar refractivity (Wildman–Crippen MR) is 77.0 cm³/mol. The molecular formula is C15H21NO5. The zero-order valence-corrected chi connectivity index (χ0v) is 12.1. The summed E-state index contributed by atoms with van der Waals surface area (Å²) in [5.41, 5.74) is 0.863. The molecule has 1 amide bonds. The van der Waals surface area contributed by atoms with E-state index in [9.17, 15) is 9.59 Å². The fourth-order valence-electron chi connectivity index (χ4n) is 1.73. The van der Waals surface area contributed by atoms with E-state index in [1.807, 2.05) is 30.3 Å². The van der Waals surface area contributed by atoms with E-state index in [-0.39, 0.29) is 25.4 Å². The van der Waals surface area contributed by atoms with Gasteiger partial charge in [-0.3, -0.25) is 4.79 Å². The van der Waals surface area contributed by atoms with Crippen LogP contribution in [0.5, 0.6) is 0 Å². The summed E-state index contributed by atoms with van der Waals surface area (Å²) in [6, 6.07) is 8.25. The Bertz CT molecular complexity index is 435. The van der Waals surface area contributed by atoms with Crippen molar-refractivity contribution < 1.29 is 24.2 Å². The molecule has 0 radical (unpaired) electrons. The van der Waals surface area contributed by atoms with Gasteiger partial charge in [-0.25, -0.2) is 4.79 Å². The lowest BCUT2D eigenvalue weighted by Gasteiger charge is -2.14. The number of carbonyl (C=O) groups is 2. The Balaban J connectivity index is 2.36. The molecule has 6 heteroatoms. The van der Waals surface area contributed by atoms with E-state index in [4.69, 9.17) is 14.6 Å². The Hall–Kier alpha value is -1.92. The van der Waals surface area contributed by atoms with Gasteiger partial charge in [-0.05, 0) is 5.56 Å². The van der Waals surface area contributed by atoms with Gasteiger partial charge in [0.1, 0.15) is 6.04 Å². The smallest absolute Gasteiger partial charge is 0.326 e. The second kappa shape index (κ2) is 9.90. The third kappa shape index (κ3) is 7.43. The summed E-state index contributed by atoms with van der Waals surface area (Å²) in [5, 5.41) is 11.7. The highest BCUT2D eigenvalue weighted by Gasteiger charge is 2.20. The van der Waals surface area contributed by atoms with Crippen molar-refractivity contribution in [2.45, 2.75) is 18.9 Å². The molecule has 1 unspecified atom stereocenters. The lowest BCUT2D eigenvalue weighted by atomic mass is 10.1. The van der Waals surface area contributed by atoms with Gasteiger partial charge in [0.2, 0.25) is 5.91 Å². The summed E-state index contributed by atoms with van der Waals surface area (Å²) in [7, 11) is 1.57. The van der Waals surface area contributed by atoms with E-state index in [0.29, 0.717) is 13.2 Å². The Kier molecular flexibility index (Phi) is 8.08. The van der Waals surface area contributed by atoms with Gasteiger partial charge < -0.3 is 19.9 Å². The monoisotopic (exact) mass is 295 g/mol. The van der Waals surface area contributed by atoms with Crippen LogP contribution in [0.2, 0.25) is 0 Å². The molecule has 0 aromatic heterocycles. The standard InChI is InChI=1S/C15H21NO5/c1-20-9-10-21-8-7-14(17)16-13(15(18)19)11-12-5-3-2-4-6-12/h2-6,13H,7-11H2,1H3,(H,16,17)(H,18,19). The first-order valence-corrected chi connectivity index (χ1v) is 6.76. The largest absolute Gasteiger partial charge is 0.480 e. The molecule has 116 valence electrons. The maximum absolute atomic E-state index is 11.7. The minimum Gasteiger partial charge on any atom is -0.480 e. The van der Waals surface area contributed by atoms with Gasteiger partial charge in [0.05, 0.1) is 19.8 Å². The topological polar surface area (TPSA) is 84.9 Å². The van der Waals surface area contributed by atoms with E-state index in [1.54, 1.807) is 7.11 Å². The molecule has 21 heavy (non-hydrogen) atoms. The molecule has 1 rings (SSSR count). The first kappa shape index (κ1) is 17.1. The molecule has 0 saturated carbocycles. The van der Waals surface area contributed by atoms with Crippen molar-refractivity contribution in [2.75, 3.05) is 26.9 Å². The fourth-order valence-corrected chi connectivity index (χ4v) is 1.73. The molecule has 0 saturated heterocycles. The van der Waals surface area contributed by atoms with E-state index in [2.05, 4.69) is 5.32 Å². The summed E-state index contributed by atoms with van der Waals surface area (Å²) in [4.78, 5) is 22.9. The highest BCUT2D eigenvalue weighted by molar-refractivity contribution is 5.83. The van der Waals surface area contributed by atoms with E-state index in [0.717, 1.165) is 5.56 Å².